The maximum atomic E-state index is 12.6. The lowest BCUT2D eigenvalue weighted by Gasteiger charge is -2.10. The molecule has 1 nitrogen and oxygen atoms in total. The van der Waals surface area contributed by atoms with Gasteiger partial charge in [-0.05, 0) is 23.3 Å². The van der Waals surface area contributed by atoms with Crippen LogP contribution in [0.5, 0.6) is 0 Å². The highest BCUT2D eigenvalue weighted by Gasteiger charge is 2.31. The first-order valence-corrected chi connectivity index (χ1v) is 6.89. The Bertz CT molecular complexity index is 669. The van der Waals surface area contributed by atoms with Gasteiger partial charge in [0.1, 0.15) is 5.78 Å². The number of hydrogen-bond donors (Lipinski definition) is 0. The lowest BCUT2D eigenvalue weighted by molar-refractivity contribution is -0.138. The monoisotopic (exact) mass is 346 g/mol. The molecule has 0 fully saturated rings. The van der Waals surface area contributed by atoms with E-state index in [0.29, 0.717) is 0 Å². The van der Waals surface area contributed by atoms with Gasteiger partial charge < -0.3 is 0 Å². The van der Waals surface area contributed by atoms with Gasteiger partial charge in [0.15, 0.2) is 0 Å². The quantitative estimate of drug-likeness (QED) is 0.706. The number of ketones is 1. The molecule has 0 N–H and O–H groups in total. The molecule has 0 atom stereocenters. The zero-order valence-corrected chi connectivity index (χ0v) is 12.2. The van der Waals surface area contributed by atoms with E-state index in [-0.39, 0.29) is 24.0 Å². The SMILES string of the molecule is O=C(Cc1cccc(C(F)(F)F)c1)Cc1cccc(C(F)(F)F)c1. The van der Waals surface area contributed by atoms with Crippen LogP contribution in [0.2, 0.25) is 0 Å². The summed E-state index contributed by atoms with van der Waals surface area (Å²) in [4.78, 5) is 11.9. The van der Waals surface area contributed by atoms with Gasteiger partial charge in [0.2, 0.25) is 0 Å². The Balaban J connectivity index is 2.09. The first-order valence-electron chi connectivity index (χ1n) is 6.89. The lowest BCUT2D eigenvalue weighted by Crippen LogP contribution is -2.10. The fourth-order valence-corrected chi connectivity index (χ4v) is 2.23. The smallest absolute Gasteiger partial charge is 0.299 e. The molecule has 0 radical (unpaired) electrons. The van der Waals surface area contributed by atoms with Crippen molar-refractivity contribution in [2.75, 3.05) is 0 Å². The molecule has 24 heavy (non-hydrogen) atoms. The fourth-order valence-electron chi connectivity index (χ4n) is 2.23. The summed E-state index contributed by atoms with van der Waals surface area (Å²) in [5.41, 5.74) is -1.40. The number of hydrogen-bond acceptors (Lipinski definition) is 1. The highest BCUT2D eigenvalue weighted by Crippen LogP contribution is 2.30. The summed E-state index contributed by atoms with van der Waals surface area (Å²) < 4.78 is 75.7. The van der Waals surface area contributed by atoms with Gasteiger partial charge in [0.05, 0.1) is 11.1 Å². The molecule has 0 saturated carbocycles. The predicted octanol–water partition coefficient (Wildman–Crippen LogP) is 5.08. The maximum Gasteiger partial charge on any atom is 0.416 e. The van der Waals surface area contributed by atoms with Crippen LogP contribution < -0.4 is 0 Å². The van der Waals surface area contributed by atoms with E-state index in [0.717, 1.165) is 24.3 Å². The summed E-state index contributed by atoms with van der Waals surface area (Å²) in [7, 11) is 0. The van der Waals surface area contributed by atoms with Crippen molar-refractivity contribution in [1.82, 2.24) is 0 Å². The highest BCUT2D eigenvalue weighted by molar-refractivity contribution is 5.83. The largest absolute Gasteiger partial charge is 0.416 e. The van der Waals surface area contributed by atoms with E-state index >= 15 is 0 Å². The summed E-state index contributed by atoms with van der Waals surface area (Å²) in [6, 6.07) is 8.64. The lowest BCUT2D eigenvalue weighted by atomic mass is 10.00. The van der Waals surface area contributed by atoms with Crippen molar-refractivity contribution in [2.45, 2.75) is 25.2 Å². The first-order chi connectivity index (χ1) is 11.1. The van der Waals surface area contributed by atoms with Crippen LogP contribution in [0.1, 0.15) is 22.3 Å². The molecule has 2 aromatic carbocycles. The second-order valence-electron chi connectivity index (χ2n) is 5.29. The molecule has 0 spiro atoms. The third-order valence-electron chi connectivity index (χ3n) is 3.31. The van der Waals surface area contributed by atoms with Crippen LogP contribution >= 0.6 is 0 Å². The van der Waals surface area contributed by atoms with E-state index in [9.17, 15) is 31.1 Å². The predicted molar refractivity (Wildman–Crippen MR) is 75.3 cm³/mol. The standard InChI is InChI=1S/C17H12F6O/c18-16(19,20)13-5-1-3-11(7-13)9-15(24)10-12-4-2-6-14(8-12)17(21,22)23/h1-8H,9-10H2. The Morgan fingerprint density at radius 3 is 1.42 bits per heavy atom. The van der Waals surface area contributed by atoms with E-state index in [1.807, 2.05) is 0 Å². The number of benzene rings is 2. The van der Waals surface area contributed by atoms with Crippen molar-refractivity contribution >= 4 is 5.78 Å². The van der Waals surface area contributed by atoms with Crippen molar-refractivity contribution in [1.29, 1.82) is 0 Å². The van der Waals surface area contributed by atoms with Crippen LogP contribution in [0.4, 0.5) is 26.3 Å². The van der Waals surface area contributed by atoms with E-state index in [4.69, 9.17) is 0 Å². The van der Waals surface area contributed by atoms with Gasteiger partial charge in [0.25, 0.3) is 0 Å². The molecule has 0 aromatic heterocycles. The zero-order valence-electron chi connectivity index (χ0n) is 12.2. The number of alkyl halides is 6. The number of rotatable bonds is 4. The first kappa shape index (κ1) is 18.0. The molecular weight excluding hydrogens is 334 g/mol. The third kappa shape index (κ3) is 4.84. The van der Waals surface area contributed by atoms with Gasteiger partial charge in [-0.1, -0.05) is 36.4 Å². The van der Waals surface area contributed by atoms with E-state index in [1.54, 1.807) is 0 Å². The maximum absolute atomic E-state index is 12.6. The van der Waals surface area contributed by atoms with Crippen LogP contribution in [0.3, 0.4) is 0 Å². The highest BCUT2D eigenvalue weighted by atomic mass is 19.4. The number of halogens is 6. The molecular formula is C17H12F6O. The minimum Gasteiger partial charge on any atom is -0.299 e. The topological polar surface area (TPSA) is 17.1 Å². The van der Waals surface area contributed by atoms with Crippen molar-refractivity contribution in [3.8, 4) is 0 Å². The Labute approximate surface area is 133 Å². The van der Waals surface area contributed by atoms with E-state index in [2.05, 4.69) is 0 Å². The number of Topliss-reactive ketones (excluding diaryl/α,β-unsaturated/α-hetero) is 1. The van der Waals surface area contributed by atoms with Gasteiger partial charge in [0, 0.05) is 12.8 Å². The molecule has 0 saturated heterocycles. The molecule has 128 valence electrons. The molecule has 2 rings (SSSR count). The minimum atomic E-state index is -4.51. The molecule has 2 aromatic rings. The Hall–Kier alpha value is -2.31. The minimum absolute atomic E-state index is 0.168. The van der Waals surface area contributed by atoms with Crippen LogP contribution in [-0.4, -0.2) is 5.78 Å². The molecule has 0 bridgehead atoms. The average Bonchev–Trinajstić information content (AvgIpc) is 2.46. The van der Waals surface area contributed by atoms with Gasteiger partial charge in [-0.3, -0.25) is 4.79 Å². The summed E-state index contributed by atoms with van der Waals surface area (Å²) in [5, 5.41) is 0. The molecule has 0 heterocycles. The van der Waals surface area contributed by atoms with Gasteiger partial charge in [-0.15, -0.1) is 0 Å². The summed E-state index contributed by atoms with van der Waals surface area (Å²) in [5.74, 6) is -0.464. The number of carbonyl (C=O) groups is 1. The summed E-state index contributed by atoms with van der Waals surface area (Å²) in [6.45, 7) is 0. The Kier molecular flexibility index (Phi) is 5.01. The van der Waals surface area contributed by atoms with Gasteiger partial charge in [-0.25, -0.2) is 0 Å². The fraction of sp³-hybridized carbons (Fsp3) is 0.235. The molecule has 7 heteroatoms. The van der Waals surface area contributed by atoms with Crippen molar-refractivity contribution in [3.63, 3.8) is 0 Å². The van der Waals surface area contributed by atoms with E-state index < -0.39 is 29.3 Å². The summed E-state index contributed by atoms with van der Waals surface area (Å²) in [6.07, 6.45) is -9.58. The van der Waals surface area contributed by atoms with Crippen molar-refractivity contribution in [3.05, 3.63) is 70.8 Å². The molecule has 0 aliphatic carbocycles. The van der Waals surface area contributed by atoms with Gasteiger partial charge in [-0.2, -0.15) is 26.3 Å². The van der Waals surface area contributed by atoms with E-state index in [1.165, 1.54) is 24.3 Å². The third-order valence-corrected chi connectivity index (χ3v) is 3.31. The van der Waals surface area contributed by atoms with Crippen LogP contribution in [-0.2, 0) is 30.0 Å². The Morgan fingerprint density at radius 1 is 0.708 bits per heavy atom. The molecule has 0 amide bonds. The van der Waals surface area contributed by atoms with Crippen LogP contribution in [0.15, 0.2) is 48.5 Å². The Morgan fingerprint density at radius 2 is 1.08 bits per heavy atom. The van der Waals surface area contributed by atoms with Crippen molar-refractivity contribution < 1.29 is 31.1 Å². The second-order valence-corrected chi connectivity index (χ2v) is 5.29. The second kappa shape index (κ2) is 6.67. The van der Waals surface area contributed by atoms with Crippen LogP contribution in [0.25, 0.3) is 0 Å². The molecule has 0 aliphatic heterocycles. The molecule has 0 unspecified atom stereocenters. The number of carbonyl (C=O) groups excluding carboxylic acids is 1. The summed E-state index contributed by atoms with van der Waals surface area (Å²) >= 11 is 0. The molecule has 0 aliphatic rings. The average molecular weight is 346 g/mol. The zero-order chi connectivity index (χ0) is 18.0. The normalized spacial score (nSPS) is 12.2. The van der Waals surface area contributed by atoms with Crippen molar-refractivity contribution in [2.24, 2.45) is 0 Å². The van der Waals surface area contributed by atoms with Gasteiger partial charge >= 0.3 is 12.4 Å². The van der Waals surface area contributed by atoms with Crippen LogP contribution in [0, 0.1) is 0 Å².